The van der Waals surface area contributed by atoms with Gasteiger partial charge in [-0.1, -0.05) is 50.0 Å². The van der Waals surface area contributed by atoms with Gasteiger partial charge in [0.25, 0.3) is 0 Å². The molecule has 0 radical (unpaired) electrons. The molecule has 1 aromatic rings. The van der Waals surface area contributed by atoms with Crippen molar-refractivity contribution in [2.24, 2.45) is 0 Å². The van der Waals surface area contributed by atoms with Crippen molar-refractivity contribution in [1.82, 2.24) is 0 Å². The Kier molecular flexibility index (Phi) is 2.98. The molecule has 1 aliphatic heterocycles. The largest absolute Gasteiger partial charge is 0.374 e. The summed E-state index contributed by atoms with van der Waals surface area (Å²) < 4.78 is 6.17. The highest BCUT2D eigenvalue weighted by Gasteiger charge is 2.35. The Morgan fingerprint density at radius 2 is 1.73 bits per heavy atom. The molecule has 0 amide bonds. The van der Waals surface area contributed by atoms with E-state index < -0.39 is 8.07 Å². The second-order valence-electron chi connectivity index (χ2n) is 5.47. The summed E-state index contributed by atoms with van der Waals surface area (Å²) in [6.45, 7) is 7.18. The van der Waals surface area contributed by atoms with Gasteiger partial charge in [0, 0.05) is 5.73 Å². The first-order valence-electron chi connectivity index (χ1n) is 5.78. The summed E-state index contributed by atoms with van der Waals surface area (Å²) in [4.78, 5) is 0. The molecule has 0 bridgehead atoms. The average molecular weight is 220 g/mol. The van der Waals surface area contributed by atoms with Crippen LogP contribution in [0.15, 0.2) is 30.3 Å². The van der Waals surface area contributed by atoms with Crippen molar-refractivity contribution < 1.29 is 4.74 Å². The van der Waals surface area contributed by atoms with Gasteiger partial charge in [0.1, 0.15) is 0 Å². The topological polar surface area (TPSA) is 9.23 Å². The third kappa shape index (κ3) is 2.50. The lowest BCUT2D eigenvalue weighted by Crippen LogP contribution is -2.37. The molecule has 0 aromatic heterocycles. The molecule has 1 aliphatic rings. The first-order valence-corrected chi connectivity index (χ1v) is 9.35. The van der Waals surface area contributed by atoms with Gasteiger partial charge in [0.05, 0.1) is 14.2 Å². The molecule has 1 nitrogen and oxygen atoms in total. The van der Waals surface area contributed by atoms with Crippen LogP contribution in [0.2, 0.25) is 19.6 Å². The number of hydrogen-bond acceptors (Lipinski definition) is 1. The zero-order chi connectivity index (χ0) is 10.9. The van der Waals surface area contributed by atoms with E-state index in [1.54, 1.807) is 0 Å². The van der Waals surface area contributed by atoms with Gasteiger partial charge in [0.15, 0.2) is 0 Å². The zero-order valence-electron chi connectivity index (χ0n) is 9.86. The van der Waals surface area contributed by atoms with Crippen molar-refractivity contribution in [2.75, 3.05) is 0 Å². The molecule has 82 valence electrons. The van der Waals surface area contributed by atoms with E-state index >= 15 is 0 Å². The molecule has 0 unspecified atom stereocenters. The third-order valence-electron chi connectivity index (χ3n) is 3.16. The summed E-state index contributed by atoms with van der Waals surface area (Å²) in [6.07, 6.45) is 2.79. The Morgan fingerprint density at radius 1 is 1.07 bits per heavy atom. The highest BCUT2D eigenvalue weighted by molar-refractivity contribution is 6.77. The maximum atomic E-state index is 6.17. The van der Waals surface area contributed by atoms with Crippen LogP contribution in [0.4, 0.5) is 0 Å². The molecule has 0 aliphatic carbocycles. The quantitative estimate of drug-likeness (QED) is 0.689. The van der Waals surface area contributed by atoms with Crippen LogP contribution in [0.25, 0.3) is 0 Å². The molecule has 15 heavy (non-hydrogen) atoms. The fourth-order valence-corrected chi connectivity index (χ4v) is 3.79. The van der Waals surface area contributed by atoms with E-state index in [1.165, 1.54) is 18.4 Å². The van der Waals surface area contributed by atoms with Gasteiger partial charge >= 0.3 is 0 Å². The molecule has 0 N–H and O–H groups in total. The number of benzene rings is 1. The minimum absolute atomic E-state index is 0.350. The van der Waals surface area contributed by atoms with Crippen LogP contribution in [0.5, 0.6) is 0 Å². The van der Waals surface area contributed by atoms with Crippen molar-refractivity contribution >= 4 is 8.07 Å². The second kappa shape index (κ2) is 4.10. The van der Waals surface area contributed by atoms with Crippen molar-refractivity contribution in [3.05, 3.63) is 35.9 Å². The van der Waals surface area contributed by atoms with Crippen LogP contribution in [-0.2, 0) is 4.74 Å². The molecular weight excluding hydrogens is 200 g/mol. The van der Waals surface area contributed by atoms with Crippen LogP contribution in [0.1, 0.15) is 24.5 Å². The van der Waals surface area contributed by atoms with Gasteiger partial charge in [-0.25, -0.2) is 0 Å². The number of rotatable bonds is 2. The highest BCUT2D eigenvalue weighted by Crippen LogP contribution is 2.36. The smallest absolute Gasteiger partial charge is 0.0825 e. The Hall–Kier alpha value is -0.603. The summed E-state index contributed by atoms with van der Waals surface area (Å²) in [5.74, 6) is 0. The summed E-state index contributed by atoms with van der Waals surface area (Å²) in [5.41, 5.74) is 1.89. The number of hydrogen-bond donors (Lipinski definition) is 0. The maximum absolute atomic E-state index is 6.17. The molecule has 1 saturated heterocycles. The van der Waals surface area contributed by atoms with Gasteiger partial charge in [-0.2, -0.15) is 0 Å². The average Bonchev–Trinajstić information content (AvgIpc) is 2.67. The van der Waals surface area contributed by atoms with Crippen LogP contribution >= 0.6 is 0 Å². The molecule has 2 atom stereocenters. The molecule has 2 heteroatoms. The monoisotopic (exact) mass is 220 g/mol. The second-order valence-corrected chi connectivity index (χ2v) is 10.8. The van der Waals surface area contributed by atoms with Gasteiger partial charge in [-0.05, 0) is 18.4 Å². The fraction of sp³-hybridized carbons (Fsp3) is 0.538. The summed E-state index contributed by atoms with van der Waals surface area (Å²) in [5, 5.41) is 0. The summed E-state index contributed by atoms with van der Waals surface area (Å²) in [6, 6.07) is 10.6. The predicted octanol–water partition coefficient (Wildman–Crippen LogP) is 3.78. The van der Waals surface area contributed by atoms with Crippen LogP contribution in [0.3, 0.4) is 0 Å². The zero-order valence-corrected chi connectivity index (χ0v) is 10.9. The first kappa shape index (κ1) is 10.9. The summed E-state index contributed by atoms with van der Waals surface area (Å²) >= 11 is 0. The van der Waals surface area contributed by atoms with E-state index in [-0.39, 0.29) is 0 Å². The lowest BCUT2D eigenvalue weighted by molar-refractivity contribution is 0.0825. The van der Waals surface area contributed by atoms with E-state index in [0.29, 0.717) is 11.8 Å². The van der Waals surface area contributed by atoms with Gasteiger partial charge in [0.2, 0.25) is 0 Å². The Labute approximate surface area is 93.5 Å². The summed E-state index contributed by atoms with van der Waals surface area (Å²) in [7, 11) is -1.12. The lowest BCUT2D eigenvalue weighted by Gasteiger charge is -2.25. The third-order valence-corrected chi connectivity index (χ3v) is 5.51. The van der Waals surface area contributed by atoms with E-state index in [9.17, 15) is 0 Å². The lowest BCUT2D eigenvalue weighted by atomic mass is 10.1. The van der Waals surface area contributed by atoms with E-state index in [2.05, 4.69) is 50.0 Å². The molecule has 1 aromatic carbocycles. The van der Waals surface area contributed by atoms with Gasteiger partial charge in [-0.15, -0.1) is 0 Å². The molecule has 1 fully saturated rings. The minimum Gasteiger partial charge on any atom is -0.374 e. The van der Waals surface area contributed by atoms with Crippen LogP contribution < -0.4 is 0 Å². The molecule has 0 saturated carbocycles. The maximum Gasteiger partial charge on any atom is 0.0825 e. The highest BCUT2D eigenvalue weighted by atomic mass is 28.3. The Morgan fingerprint density at radius 3 is 2.27 bits per heavy atom. The minimum atomic E-state index is -1.12. The molecule has 1 heterocycles. The van der Waals surface area contributed by atoms with E-state index in [0.717, 1.165) is 0 Å². The molecule has 2 rings (SSSR count). The van der Waals surface area contributed by atoms with E-state index in [1.807, 2.05) is 0 Å². The predicted molar refractivity (Wildman–Crippen MR) is 66.6 cm³/mol. The first-order chi connectivity index (χ1) is 7.07. The van der Waals surface area contributed by atoms with Crippen molar-refractivity contribution in [3.63, 3.8) is 0 Å². The normalized spacial score (nSPS) is 26.9. The van der Waals surface area contributed by atoms with Crippen LogP contribution in [-0.4, -0.2) is 13.8 Å². The SMILES string of the molecule is C[Si](C)(C)[C@@H]1CC[C@H](c2ccccc2)O1. The van der Waals surface area contributed by atoms with Crippen molar-refractivity contribution in [3.8, 4) is 0 Å². The Bertz CT molecular complexity index is 315. The van der Waals surface area contributed by atoms with E-state index in [4.69, 9.17) is 4.74 Å². The van der Waals surface area contributed by atoms with Crippen LogP contribution in [0, 0.1) is 0 Å². The van der Waals surface area contributed by atoms with Gasteiger partial charge < -0.3 is 4.74 Å². The standard InChI is InChI=1S/C13H20OSi/c1-15(2,3)13-10-9-12(14-13)11-7-5-4-6-8-11/h4-8,12-13H,9-10H2,1-3H3/t12-,13-/m1/s1. The molecular formula is C13H20OSi. The molecule has 0 spiro atoms. The van der Waals surface area contributed by atoms with Gasteiger partial charge in [-0.3, -0.25) is 0 Å². The fourth-order valence-electron chi connectivity index (χ4n) is 2.19. The van der Waals surface area contributed by atoms with Crippen molar-refractivity contribution in [1.29, 1.82) is 0 Å². The number of ether oxygens (including phenoxy) is 1. The van der Waals surface area contributed by atoms with Crippen molar-refractivity contribution in [2.45, 2.75) is 44.3 Å². The Balaban J connectivity index is 2.05.